The zero-order chi connectivity index (χ0) is 18.5. The normalized spacial score (nSPS) is 21.3. The highest BCUT2D eigenvalue weighted by atomic mass is 16.5. The van der Waals surface area contributed by atoms with Crippen LogP contribution in [0.5, 0.6) is 0 Å². The van der Waals surface area contributed by atoms with Crippen LogP contribution in [-0.2, 0) is 23.0 Å². The fourth-order valence-electron chi connectivity index (χ4n) is 3.83. The Morgan fingerprint density at radius 2 is 2.08 bits per heavy atom. The topological polar surface area (TPSA) is 59.4 Å². The van der Waals surface area contributed by atoms with Crippen LogP contribution in [0.1, 0.15) is 23.6 Å². The van der Waals surface area contributed by atoms with Crippen LogP contribution in [0, 0.1) is 5.92 Å². The molecule has 1 aromatic carbocycles. The summed E-state index contributed by atoms with van der Waals surface area (Å²) in [5.74, 6) is 0.420. The van der Waals surface area contributed by atoms with Crippen molar-refractivity contribution in [2.45, 2.75) is 24.9 Å². The maximum atomic E-state index is 12.3. The van der Waals surface area contributed by atoms with Crippen LogP contribution in [0.2, 0.25) is 0 Å². The summed E-state index contributed by atoms with van der Waals surface area (Å²) in [6.45, 7) is 1.42. The van der Waals surface area contributed by atoms with Crippen LogP contribution in [0.4, 0.5) is 0 Å². The van der Waals surface area contributed by atoms with E-state index in [1.54, 1.807) is 11.8 Å². The number of aryl methyl sites for hydroxylation is 1. The first kappa shape index (κ1) is 18.6. The van der Waals surface area contributed by atoms with Crippen molar-refractivity contribution in [3.05, 3.63) is 53.9 Å². The van der Waals surface area contributed by atoms with Crippen molar-refractivity contribution in [1.82, 2.24) is 20.0 Å². The van der Waals surface area contributed by atoms with Gasteiger partial charge in [0.05, 0.1) is 18.8 Å². The lowest BCUT2D eigenvalue weighted by atomic mass is 9.95. The van der Waals surface area contributed by atoms with Gasteiger partial charge in [-0.1, -0.05) is 30.3 Å². The third kappa shape index (κ3) is 4.31. The predicted octanol–water partition coefficient (Wildman–Crippen LogP) is 1.79. The number of nitrogens with zero attached hydrogens (tertiary/aromatic N) is 3. The van der Waals surface area contributed by atoms with Crippen molar-refractivity contribution in [3.63, 3.8) is 0 Å². The molecule has 1 aliphatic rings. The number of carbonyl (C=O) groups excluding carboxylic acids is 1. The number of hydrogen-bond donors (Lipinski definition) is 1. The number of ether oxygens (including phenoxy) is 1. The first-order chi connectivity index (χ1) is 12.6. The third-order valence-electron chi connectivity index (χ3n) is 5.12. The molecule has 1 N–H and O–H groups in total. The van der Waals surface area contributed by atoms with Crippen LogP contribution < -0.4 is 5.32 Å². The molecule has 2 aromatic rings. The number of rotatable bonds is 8. The zero-order valence-corrected chi connectivity index (χ0v) is 15.8. The lowest BCUT2D eigenvalue weighted by Gasteiger charge is -2.26. The Hall–Kier alpha value is -2.18. The minimum Gasteiger partial charge on any atom is -0.383 e. The van der Waals surface area contributed by atoms with Crippen molar-refractivity contribution in [3.8, 4) is 0 Å². The van der Waals surface area contributed by atoms with Crippen molar-refractivity contribution in [2.24, 2.45) is 13.0 Å². The number of aromatic nitrogens is 2. The Balaban J connectivity index is 1.66. The highest BCUT2D eigenvalue weighted by molar-refractivity contribution is 5.79. The summed E-state index contributed by atoms with van der Waals surface area (Å²) in [4.78, 5) is 14.1. The zero-order valence-electron chi connectivity index (χ0n) is 15.8. The van der Waals surface area contributed by atoms with Gasteiger partial charge in [0, 0.05) is 57.9 Å². The Morgan fingerprint density at radius 3 is 2.73 bits per heavy atom. The van der Waals surface area contributed by atoms with Gasteiger partial charge in [-0.2, -0.15) is 5.10 Å². The molecule has 0 radical (unpaired) electrons. The number of hydrogen-bond acceptors (Lipinski definition) is 4. The molecular weight excluding hydrogens is 328 g/mol. The van der Waals surface area contributed by atoms with E-state index in [4.69, 9.17) is 4.74 Å². The Labute approximate surface area is 155 Å². The molecule has 140 valence electrons. The molecule has 1 amide bonds. The third-order valence-corrected chi connectivity index (χ3v) is 5.12. The standard InChI is InChI=1S/C20H28N4O2/c1-23-13-17(12-22-23)20-16(10-19(25)24(20)2)11-21-18(14-26-3)9-15-7-5-4-6-8-15/h4-8,12-13,16,18,20-21H,9-11,14H2,1-3H3/t16-,18+,20+/m0/s1. The number of benzene rings is 1. The molecular formula is C20H28N4O2. The van der Waals surface area contributed by atoms with Crippen LogP contribution >= 0.6 is 0 Å². The fraction of sp³-hybridized carbons (Fsp3) is 0.500. The van der Waals surface area contributed by atoms with E-state index in [-0.39, 0.29) is 23.9 Å². The van der Waals surface area contributed by atoms with Gasteiger partial charge in [-0.3, -0.25) is 9.48 Å². The van der Waals surface area contributed by atoms with Crippen molar-refractivity contribution in [1.29, 1.82) is 0 Å². The second kappa shape index (κ2) is 8.47. The van der Waals surface area contributed by atoms with Crippen molar-refractivity contribution in [2.75, 3.05) is 27.3 Å². The lowest BCUT2D eigenvalue weighted by Crippen LogP contribution is -2.39. The maximum Gasteiger partial charge on any atom is 0.223 e. The molecule has 26 heavy (non-hydrogen) atoms. The minimum atomic E-state index is 0.0728. The largest absolute Gasteiger partial charge is 0.383 e. The first-order valence-electron chi connectivity index (χ1n) is 9.09. The average molecular weight is 356 g/mol. The minimum absolute atomic E-state index is 0.0728. The summed E-state index contributed by atoms with van der Waals surface area (Å²) in [5, 5.41) is 7.90. The van der Waals surface area contributed by atoms with Crippen LogP contribution in [0.25, 0.3) is 0 Å². The summed E-state index contributed by atoms with van der Waals surface area (Å²) in [6.07, 6.45) is 5.34. The quantitative estimate of drug-likeness (QED) is 0.783. The number of amides is 1. The first-order valence-corrected chi connectivity index (χ1v) is 9.09. The Bertz CT molecular complexity index is 716. The number of carbonyl (C=O) groups is 1. The van der Waals surface area contributed by atoms with Gasteiger partial charge in [-0.05, 0) is 12.0 Å². The number of likely N-dealkylation sites (tertiary alicyclic amines) is 1. The number of methoxy groups -OCH3 is 1. The van der Waals surface area contributed by atoms with E-state index < -0.39 is 0 Å². The van der Waals surface area contributed by atoms with E-state index in [1.807, 2.05) is 37.5 Å². The smallest absolute Gasteiger partial charge is 0.223 e. The molecule has 0 bridgehead atoms. The maximum absolute atomic E-state index is 12.3. The van der Waals surface area contributed by atoms with Crippen LogP contribution in [0.3, 0.4) is 0 Å². The average Bonchev–Trinajstić information content (AvgIpc) is 3.17. The molecule has 1 aromatic heterocycles. The molecule has 0 aliphatic carbocycles. The van der Waals surface area contributed by atoms with Gasteiger partial charge < -0.3 is 15.0 Å². The molecule has 1 fully saturated rings. The van der Waals surface area contributed by atoms with Crippen molar-refractivity contribution >= 4 is 5.91 Å². The van der Waals surface area contributed by atoms with Gasteiger partial charge in [0.2, 0.25) is 5.91 Å². The second-order valence-corrected chi connectivity index (χ2v) is 7.11. The second-order valence-electron chi connectivity index (χ2n) is 7.11. The molecule has 6 heteroatoms. The molecule has 1 saturated heterocycles. The van der Waals surface area contributed by atoms with Crippen LogP contribution in [-0.4, -0.2) is 53.9 Å². The summed E-state index contributed by atoms with van der Waals surface area (Å²) >= 11 is 0. The van der Waals surface area contributed by atoms with E-state index in [0.717, 1.165) is 18.5 Å². The molecule has 2 heterocycles. The van der Waals surface area contributed by atoms with E-state index in [1.165, 1.54) is 5.56 Å². The molecule has 3 atom stereocenters. The van der Waals surface area contributed by atoms with Gasteiger partial charge in [-0.15, -0.1) is 0 Å². The van der Waals surface area contributed by atoms with Gasteiger partial charge in [0.1, 0.15) is 0 Å². The van der Waals surface area contributed by atoms with Gasteiger partial charge in [0.25, 0.3) is 0 Å². The van der Waals surface area contributed by atoms with E-state index in [9.17, 15) is 4.79 Å². The summed E-state index contributed by atoms with van der Waals surface area (Å²) < 4.78 is 7.19. The van der Waals surface area contributed by atoms with Crippen molar-refractivity contribution < 1.29 is 9.53 Å². The monoisotopic (exact) mass is 356 g/mol. The van der Waals surface area contributed by atoms with E-state index in [0.29, 0.717) is 13.0 Å². The molecule has 0 spiro atoms. The molecule has 6 nitrogen and oxygen atoms in total. The Kier molecular flexibility index (Phi) is 6.06. The van der Waals surface area contributed by atoms with Gasteiger partial charge in [-0.25, -0.2) is 0 Å². The molecule has 1 aliphatic heterocycles. The lowest BCUT2D eigenvalue weighted by molar-refractivity contribution is -0.127. The predicted molar refractivity (Wildman–Crippen MR) is 101 cm³/mol. The van der Waals surface area contributed by atoms with Gasteiger partial charge >= 0.3 is 0 Å². The summed E-state index contributed by atoms with van der Waals surface area (Å²) in [7, 11) is 5.52. The fourth-order valence-corrected chi connectivity index (χ4v) is 3.83. The Morgan fingerprint density at radius 1 is 1.31 bits per heavy atom. The van der Waals surface area contributed by atoms with E-state index >= 15 is 0 Å². The highest BCUT2D eigenvalue weighted by Crippen LogP contribution is 2.36. The van der Waals surface area contributed by atoms with Gasteiger partial charge in [0.15, 0.2) is 0 Å². The molecule has 0 saturated carbocycles. The highest BCUT2D eigenvalue weighted by Gasteiger charge is 2.39. The number of nitrogens with one attached hydrogen (secondary N) is 1. The molecule has 3 rings (SSSR count). The molecule has 0 unspecified atom stereocenters. The SMILES string of the molecule is COC[C@@H](Cc1ccccc1)NC[C@@H]1CC(=O)N(C)[C@H]1c1cnn(C)c1. The summed E-state index contributed by atoms with van der Waals surface area (Å²) in [6, 6.07) is 10.7. The summed E-state index contributed by atoms with van der Waals surface area (Å²) in [5.41, 5.74) is 2.38. The van der Waals surface area contributed by atoms with Crippen LogP contribution in [0.15, 0.2) is 42.7 Å². The van der Waals surface area contributed by atoms with E-state index in [2.05, 4.69) is 34.7 Å².